The average molecular weight is 553 g/mol. The number of carbonyl (C=O) groups excluding carboxylic acids is 2. The van der Waals surface area contributed by atoms with E-state index in [4.69, 9.17) is 27.9 Å². The van der Waals surface area contributed by atoms with Crippen molar-refractivity contribution in [3.05, 3.63) is 40.3 Å². The molecule has 11 nitrogen and oxygen atoms in total. The Morgan fingerprint density at radius 1 is 1.16 bits per heavy atom. The van der Waals surface area contributed by atoms with Crippen LogP contribution in [0.15, 0.2) is 24.4 Å². The van der Waals surface area contributed by atoms with Gasteiger partial charge in [-0.2, -0.15) is 4.80 Å². The van der Waals surface area contributed by atoms with E-state index in [2.05, 4.69) is 25.8 Å². The number of hydrogen-bond donors (Lipinski definition) is 1. The number of ether oxygens (including phenoxy) is 1. The number of carbonyl (C=O) groups is 2. The van der Waals surface area contributed by atoms with Crippen LogP contribution in [0, 0.1) is 5.82 Å². The zero-order valence-corrected chi connectivity index (χ0v) is 22.7. The molecule has 0 atom stereocenters. The molecule has 2 heterocycles. The average Bonchev–Trinajstić information content (AvgIpc) is 3.22. The normalized spacial score (nSPS) is 11.3. The first-order valence-electron chi connectivity index (χ1n) is 11.3. The number of hydrogen-bond acceptors (Lipinski definition) is 7. The summed E-state index contributed by atoms with van der Waals surface area (Å²) in [5.74, 6) is -0.788. The van der Waals surface area contributed by atoms with Crippen molar-refractivity contribution in [1.29, 1.82) is 0 Å². The van der Waals surface area contributed by atoms with Gasteiger partial charge in [-0.3, -0.25) is 4.90 Å². The zero-order valence-electron chi connectivity index (χ0n) is 21.2. The van der Waals surface area contributed by atoms with Crippen molar-refractivity contribution in [2.24, 2.45) is 7.05 Å². The van der Waals surface area contributed by atoms with Crippen LogP contribution in [0.3, 0.4) is 0 Å². The lowest BCUT2D eigenvalue weighted by atomic mass is 10.0. The fourth-order valence-corrected chi connectivity index (χ4v) is 3.96. The van der Waals surface area contributed by atoms with Gasteiger partial charge in [-0.05, 0) is 63.6 Å². The Balaban J connectivity index is 1.96. The first-order valence-corrected chi connectivity index (χ1v) is 12.1. The molecule has 0 spiro atoms. The van der Waals surface area contributed by atoms with E-state index < -0.39 is 23.5 Å². The third-order valence-electron chi connectivity index (χ3n) is 4.89. The van der Waals surface area contributed by atoms with Gasteiger partial charge in [0, 0.05) is 35.4 Å². The molecule has 1 aromatic carbocycles. The summed E-state index contributed by atoms with van der Waals surface area (Å²) in [6.45, 7) is 8.58. The standard InChI is InChI=1S/C23H27Cl2FN8O3/c1-7-33(22(36)34(8-2)30-21(35)37-23(3,4)5)20-17(26)9-13(12-27-20)15-10-14(24)11-16(25)18(15)19-28-31-32(6)29-19/h9-12H,7-8H2,1-6H3,(H,30,35). The monoisotopic (exact) mass is 552 g/mol. The van der Waals surface area contributed by atoms with Gasteiger partial charge < -0.3 is 4.74 Å². The zero-order chi connectivity index (χ0) is 27.5. The van der Waals surface area contributed by atoms with Crippen LogP contribution in [0.2, 0.25) is 10.0 Å². The lowest BCUT2D eigenvalue weighted by Crippen LogP contribution is -2.53. The Morgan fingerprint density at radius 3 is 2.41 bits per heavy atom. The smallest absolute Gasteiger partial charge is 0.426 e. The van der Waals surface area contributed by atoms with E-state index in [1.807, 2.05) is 0 Å². The molecule has 1 N–H and O–H groups in total. The van der Waals surface area contributed by atoms with Gasteiger partial charge in [0.1, 0.15) is 5.60 Å². The number of nitrogens with zero attached hydrogens (tertiary/aromatic N) is 7. The third kappa shape index (κ3) is 6.63. The Morgan fingerprint density at radius 2 is 1.86 bits per heavy atom. The summed E-state index contributed by atoms with van der Waals surface area (Å²) in [4.78, 5) is 31.9. The maximum Gasteiger partial charge on any atom is 0.426 e. The second kappa shape index (κ2) is 11.3. The largest absolute Gasteiger partial charge is 0.443 e. The molecule has 0 fully saturated rings. The summed E-state index contributed by atoms with van der Waals surface area (Å²) < 4.78 is 20.6. The second-order valence-corrected chi connectivity index (χ2v) is 9.67. The number of aryl methyl sites for hydroxylation is 1. The highest BCUT2D eigenvalue weighted by molar-refractivity contribution is 6.37. The molecule has 3 rings (SSSR count). The number of amides is 3. The van der Waals surface area contributed by atoms with Crippen LogP contribution in [0.1, 0.15) is 34.6 Å². The molecule has 0 aliphatic carbocycles. The van der Waals surface area contributed by atoms with E-state index in [1.165, 1.54) is 23.1 Å². The topological polar surface area (TPSA) is 118 Å². The minimum atomic E-state index is -0.814. The fraction of sp³-hybridized carbons (Fsp3) is 0.391. The van der Waals surface area contributed by atoms with Crippen molar-refractivity contribution >= 4 is 41.1 Å². The maximum atomic E-state index is 15.4. The van der Waals surface area contributed by atoms with E-state index >= 15 is 4.39 Å². The highest BCUT2D eigenvalue weighted by Crippen LogP contribution is 2.39. The predicted molar refractivity (Wildman–Crippen MR) is 138 cm³/mol. The van der Waals surface area contributed by atoms with Crippen LogP contribution >= 0.6 is 23.2 Å². The van der Waals surface area contributed by atoms with E-state index in [0.717, 1.165) is 9.91 Å². The van der Waals surface area contributed by atoms with Crippen LogP contribution in [0.5, 0.6) is 0 Å². The first kappa shape index (κ1) is 28.1. The van der Waals surface area contributed by atoms with Crippen molar-refractivity contribution < 1.29 is 18.7 Å². The quantitative estimate of drug-likeness (QED) is 0.437. The highest BCUT2D eigenvalue weighted by Gasteiger charge is 2.27. The summed E-state index contributed by atoms with van der Waals surface area (Å²) in [7, 11) is 1.60. The summed E-state index contributed by atoms with van der Waals surface area (Å²) in [6, 6.07) is 3.62. The predicted octanol–water partition coefficient (Wildman–Crippen LogP) is 5.09. The van der Waals surface area contributed by atoms with E-state index in [1.54, 1.807) is 47.7 Å². The molecule has 0 unspecified atom stereocenters. The molecule has 0 radical (unpaired) electrons. The SMILES string of the molecule is CCN(NC(=O)OC(C)(C)C)C(=O)N(CC)c1ncc(-c2cc(Cl)cc(Cl)c2-c2nnn(C)n2)cc1F. The van der Waals surface area contributed by atoms with Crippen LogP contribution in [-0.2, 0) is 11.8 Å². The van der Waals surface area contributed by atoms with Gasteiger partial charge in [0.15, 0.2) is 11.6 Å². The molecular weight excluding hydrogens is 526 g/mol. The maximum absolute atomic E-state index is 15.4. The molecule has 0 bridgehead atoms. The molecule has 3 aromatic rings. The number of rotatable bonds is 5. The van der Waals surface area contributed by atoms with Crippen LogP contribution < -0.4 is 10.3 Å². The molecule has 2 aromatic heterocycles. The number of hydrazine groups is 1. The number of anilines is 1. The molecule has 0 saturated heterocycles. The molecule has 3 amide bonds. The van der Waals surface area contributed by atoms with Crippen LogP contribution in [0.4, 0.5) is 19.8 Å². The van der Waals surface area contributed by atoms with Gasteiger partial charge in [-0.25, -0.2) is 29.4 Å². The lowest BCUT2D eigenvalue weighted by molar-refractivity contribution is 0.0388. The Hall–Kier alpha value is -3.51. The van der Waals surface area contributed by atoms with Gasteiger partial charge in [0.05, 0.1) is 12.1 Å². The van der Waals surface area contributed by atoms with E-state index in [9.17, 15) is 9.59 Å². The molecule has 0 aliphatic heterocycles. The van der Waals surface area contributed by atoms with Crippen molar-refractivity contribution in [3.8, 4) is 22.5 Å². The van der Waals surface area contributed by atoms with E-state index in [0.29, 0.717) is 21.7 Å². The molecule has 14 heteroatoms. The molecule has 37 heavy (non-hydrogen) atoms. The van der Waals surface area contributed by atoms with Gasteiger partial charge in [-0.1, -0.05) is 23.2 Å². The van der Waals surface area contributed by atoms with Crippen LogP contribution in [-0.4, -0.2) is 61.0 Å². The molecular formula is C23H27Cl2FN8O3. The third-order valence-corrected chi connectivity index (χ3v) is 5.41. The highest BCUT2D eigenvalue weighted by atomic mass is 35.5. The number of pyridine rings is 1. The molecule has 198 valence electrons. The Bertz CT molecular complexity index is 1310. The van der Waals surface area contributed by atoms with Gasteiger partial charge >= 0.3 is 12.1 Å². The lowest BCUT2D eigenvalue weighted by Gasteiger charge is -2.30. The van der Waals surface area contributed by atoms with Crippen molar-refractivity contribution in [3.63, 3.8) is 0 Å². The first-order chi connectivity index (χ1) is 17.3. The summed E-state index contributed by atoms with van der Waals surface area (Å²) in [5.41, 5.74) is 2.78. The van der Waals surface area contributed by atoms with Gasteiger partial charge in [0.2, 0.25) is 5.82 Å². The van der Waals surface area contributed by atoms with E-state index in [-0.39, 0.29) is 29.8 Å². The summed E-state index contributed by atoms with van der Waals surface area (Å²) in [6.07, 6.45) is 0.568. The van der Waals surface area contributed by atoms with Crippen molar-refractivity contribution in [2.75, 3.05) is 18.0 Å². The number of tetrazole rings is 1. The number of nitrogens with one attached hydrogen (secondary N) is 1. The minimum absolute atomic E-state index is 0.0758. The summed E-state index contributed by atoms with van der Waals surface area (Å²) in [5, 5.41) is 13.6. The summed E-state index contributed by atoms with van der Waals surface area (Å²) >= 11 is 12.6. The number of urea groups is 1. The van der Waals surface area contributed by atoms with Crippen LogP contribution in [0.25, 0.3) is 22.5 Å². The Kier molecular flexibility index (Phi) is 8.54. The number of halogens is 3. The Labute approximate surface area is 223 Å². The van der Waals surface area contributed by atoms with Gasteiger partial charge in [0.25, 0.3) is 0 Å². The van der Waals surface area contributed by atoms with Crippen molar-refractivity contribution in [2.45, 2.75) is 40.2 Å². The second-order valence-electron chi connectivity index (χ2n) is 8.83. The minimum Gasteiger partial charge on any atom is -0.443 e. The van der Waals surface area contributed by atoms with Crippen molar-refractivity contribution in [1.82, 2.24) is 35.6 Å². The molecule has 0 saturated carbocycles. The number of aromatic nitrogens is 5. The molecule has 0 aliphatic rings. The van der Waals surface area contributed by atoms with Gasteiger partial charge in [-0.15, -0.1) is 10.2 Å². The fourth-order valence-electron chi connectivity index (χ4n) is 3.38. The number of benzene rings is 1.